The van der Waals surface area contributed by atoms with Crippen LogP contribution in [-0.4, -0.2) is 21.0 Å². The molecule has 146 valence electrons. The van der Waals surface area contributed by atoms with Crippen molar-refractivity contribution in [3.63, 3.8) is 0 Å². The Morgan fingerprint density at radius 3 is 2.93 bits per heavy atom. The number of benzene rings is 2. The van der Waals surface area contributed by atoms with E-state index >= 15 is 0 Å². The molecule has 2 aromatic carbocycles. The van der Waals surface area contributed by atoms with Crippen molar-refractivity contribution in [1.82, 2.24) is 15.3 Å². The van der Waals surface area contributed by atoms with Crippen LogP contribution >= 0.6 is 23.4 Å². The lowest BCUT2D eigenvalue weighted by Gasteiger charge is -2.02. The standard InChI is InChI=1S/C22H13ClN4O2S/c23-16-5-4-15(19-11-29-12-25-19)10-18(16)26-22-27-21(28)20(30-22)9-13-3-6-17-14(8-13)2-1-7-24-17/h1-12H,(H,26,27,28)/b20-9-. The van der Waals surface area contributed by atoms with Gasteiger partial charge in [0.05, 0.1) is 21.1 Å². The van der Waals surface area contributed by atoms with E-state index in [1.54, 1.807) is 24.6 Å². The van der Waals surface area contributed by atoms with Gasteiger partial charge in [-0.15, -0.1) is 0 Å². The number of carbonyl (C=O) groups excluding carboxylic acids is 1. The molecule has 1 aliphatic heterocycles. The number of rotatable bonds is 3. The maximum absolute atomic E-state index is 12.4. The quantitative estimate of drug-likeness (QED) is 0.436. The molecule has 0 saturated carbocycles. The van der Waals surface area contributed by atoms with Crippen molar-refractivity contribution in [2.45, 2.75) is 0 Å². The van der Waals surface area contributed by atoms with E-state index in [9.17, 15) is 4.79 Å². The Morgan fingerprint density at radius 2 is 2.07 bits per heavy atom. The monoisotopic (exact) mass is 432 g/mol. The summed E-state index contributed by atoms with van der Waals surface area (Å²) in [6.07, 6.45) is 6.50. The molecule has 1 N–H and O–H groups in total. The second kappa shape index (κ2) is 7.78. The molecule has 0 unspecified atom stereocenters. The summed E-state index contributed by atoms with van der Waals surface area (Å²) in [4.78, 5) is 26.0. The van der Waals surface area contributed by atoms with Gasteiger partial charge < -0.3 is 9.73 Å². The van der Waals surface area contributed by atoms with Crippen LogP contribution in [0.15, 0.2) is 81.7 Å². The topological polar surface area (TPSA) is 80.4 Å². The molecule has 0 aliphatic carbocycles. The van der Waals surface area contributed by atoms with E-state index in [-0.39, 0.29) is 5.91 Å². The maximum Gasteiger partial charge on any atom is 0.264 e. The van der Waals surface area contributed by atoms with Crippen molar-refractivity contribution in [3.8, 4) is 11.3 Å². The lowest BCUT2D eigenvalue weighted by molar-refractivity contribution is -0.115. The highest BCUT2D eigenvalue weighted by atomic mass is 35.5. The molecule has 4 aromatic rings. The third kappa shape index (κ3) is 3.72. The number of nitrogens with one attached hydrogen (secondary N) is 1. The number of amides is 1. The van der Waals surface area contributed by atoms with Gasteiger partial charge in [-0.2, -0.15) is 0 Å². The second-order valence-corrected chi connectivity index (χ2v) is 7.91. The van der Waals surface area contributed by atoms with Gasteiger partial charge >= 0.3 is 0 Å². The fraction of sp³-hybridized carbons (Fsp3) is 0. The Morgan fingerprint density at radius 1 is 1.13 bits per heavy atom. The largest absolute Gasteiger partial charge is 0.451 e. The Bertz CT molecular complexity index is 1330. The summed E-state index contributed by atoms with van der Waals surface area (Å²) in [7, 11) is 0. The van der Waals surface area contributed by atoms with Crippen LogP contribution in [0.4, 0.5) is 5.69 Å². The molecule has 1 fully saturated rings. The molecular weight excluding hydrogens is 420 g/mol. The van der Waals surface area contributed by atoms with Gasteiger partial charge in [-0.3, -0.25) is 9.78 Å². The molecular formula is C22H13ClN4O2S. The number of amidine groups is 1. The molecule has 5 rings (SSSR count). The summed E-state index contributed by atoms with van der Waals surface area (Å²) in [5.41, 5.74) is 3.87. The summed E-state index contributed by atoms with van der Waals surface area (Å²) in [6, 6.07) is 15.1. The number of aromatic nitrogens is 2. The Hall–Kier alpha value is -3.42. The SMILES string of the molecule is O=C1NC(=Nc2cc(-c3cocn3)ccc2Cl)S/C1=C\c1ccc2ncccc2c1. The smallest absolute Gasteiger partial charge is 0.264 e. The molecule has 8 heteroatoms. The first-order chi connectivity index (χ1) is 14.7. The summed E-state index contributed by atoms with van der Waals surface area (Å²) in [5.74, 6) is -0.200. The lowest BCUT2D eigenvalue weighted by atomic mass is 10.1. The Balaban J connectivity index is 1.44. The molecule has 0 bridgehead atoms. The number of carbonyl (C=O) groups is 1. The highest BCUT2D eigenvalue weighted by Gasteiger charge is 2.24. The Kier molecular flexibility index (Phi) is 4.82. The van der Waals surface area contributed by atoms with E-state index in [4.69, 9.17) is 16.0 Å². The van der Waals surface area contributed by atoms with E-state index in [1.165, 1.54) is 18.2 Å². The van der Waals surface area contributed by atoms with Crippen LogP contribution in [0.1, 0.15) is 5.56 Å². The third-order valence-electron chi connectivity index (χ3n) is 4.47. The van der Waals surface area contributed by atoms with Crippen molar-refractivity contribution in [3.05, 3.63) is 82.9 Å². The fourth-order valence-electron chi connectivity index (χ4n) is 3.04. The minimum absolute atomic E-state index is 0.200. The normalized spacial score (nSPS) is 16.5. The van der Waals surface area contributed by atoms with Crippen LogP contribution in [0.5, 0.6) is 0 Å². The molecule has 1 amide bonds. The van der Waals surface area contributed by atoms with E-state index in [2.05, 4.69) is 20.3 Å². The molecule has 0 radical (unpaired) electrons. The summed E-state index contributed by atoms with van der Waals surface area (Å²) < 4.78 is 5.03. The second-order valence-electron chi connectivity index (χ2n) is 6.48. The van der Waals surface area contributed by atoms with Crippen molar-refractivity contribution in [2.75, 3.05) is 0 Å². The molecule has 6 nitrogen and oxygen atoms in total. The van der Waals surface area contributed by atoms with Crippen LogP contribution in [0.25, 0.3) is 28.2 Å². The number of halogens is 1. The summed E-state index contributed by atoms with van der Waals surface area (Å²) in [6.45, 7) is 0. The van der Waals surface area contributed by atoms with Gasteiger partial charge in [-0.05, 0) is 53.7 Å². The summed E-state index contributed by atoms with van der Waals surface area (Å²) >= 11 is 7.57. The molecule has 1 saturated heterocycles. The minimum atomic E-state index is -0.200. The van der Waals surface area contributed by atoms with Crippen LogP contribution in [0.2, 0.25) is 5.02 Å². The number of oxazole rings is 1. The van der Waals surface area contributed by atoms with Crippen LogP contribution in [-0.2, 0) is 4.79 Å². The zero-order chi connectivity index (χ0) is 20.5. The van der Waals surface area contributed by atoms with Gasteiger partial charge in [0.25, 0.3) is 5.91 Å². The number of pyridine rings is 1. The van der Waals surface area contributed by atoms with Crippen molar-refractivity contribution >= 4 is 57.1 Å². The van der Waals surface area contributed by atoms with Gasteiger partial charge in [-0.25, -0.2) is 9.98 Å². The van der Waals surface area contributed by atoms with Gasteiger partial charge in [0.15, 0.2) is 11.6 Å². The number of nitrogens with zero attached hydrogens (tertiary/aromatic N) is 3. The van der Waals surface area contributed by atoms with Crippen LogP contribution < -0.4 is 5.32 Å². The van der Waals surface area contributed by atoms with Crippen LogP contribution in [0, 0.1) is 0 Å². The van der Waals surface area contributed by atoms with E-state index < -0.39 is 0 Å². The first-order valence-electron chi connectivity index (χ1n) is 8.98. The third-order valence-corrected chi connectivity index (χ3v) is 5.70. The van der Waals surface area contributed by atoms with Crippen molar-refractivity contribution in [1.29, 1.82) is 0 Å². The molecule has 0 atom stereocenters. The molecule has 0 spiro atoms. The van der Waals surface area contributed by atoms with Crippen LogP contribution in [0.3, 0.4) is 0 Å². The fourth-order valence-corrected chi connectivity index (χ4v) is 4.03. The van der Waals surface area contributed by atoms with E-state index in [1.807, 2.05) is 42.5 Å². The van der Waals surface area contributed by atoms with Gasteiger partial charge in [-0.1, -0.05) is 29.8 Å². The van der Waals surface area contributed by atoms with Crippen molar-refractivity contribution < 1.29 is 9.21 Å². The lowest BCUT2D eigenvalue weighted by Crippen LogP contribution is -2.19. The number of aliphatic imine (C=N–C) groups is 1. The summed E-state index contributed by atoms with van der Waals surface area (Å²) in [5, 5.41) is 4.75. The first-order valence-corrected chi connectivity index (χ1v) is 10.2. The number of hydrogen-bond acceptors (Lipinski definition) is 6. The van der Waals surface area contributed by atoms with E-state index in [0.717, 1.165) is 22.0 Å². The molecule has 3 heterocycles. The van der Waals surface area contributed by atoms with Gasteiger partial charge in [0.2, 0.25) is 0 Å². The predicted octanol–water partition coefficient (Wildman–Crippen LogP) is 5.43. The number of fused-ring (bicyclic) bond motifs is 1. The first kappa shape index (κ1) is 18.6. The van der Waals surface area contributed by atoms with E-state index in [0.29, 0.717) is 26.5 Å². The van der Waals surface area contributed by atoms with Crippen molar-refractivity contribution in [2.24, 2.45) is 4.99 Å². The average Bonchev–Trinajstić information content (AvgIpc) is 3.40. The average molecular weight is 433 g/mol. The zero-order valence-electron chi connectivity index (χ0n) is 15.4. The Labute approximate surface area is 180 Å². The maximum atomic E-state index is 12.4. The minimum Gasteiger partial charge on any atom is -0.451 e. The van der Waals surface area contributed by atoms with Gasteiger partial charge in [0, 0.05) is 17.1 Å². The number of hydrogen-bond donors (Lipinski definition) is 1. The number of thioether (sulfide) groups is 1. The zero-order valence-corrected chi connectivity index (χ0v) is 16.9. The molecule has 30 heavy (non-hydrogen) atoms. The predicted molar refractivity (Wildman–Crippen MR) is 119 cm³/mol. The highest BCUT2D eigenvalue weighted by Crippen LogP contribution is 2.33. The highest BCUT2D eigenvalue weighted by molar-refractivity contribution is 8.18. The molecule has 1 aliphatic rings. The molecule has 2 aromatic heterocycles. The van der Waals surface area contributed by atoms with Gasteiger partial charge in [0.1, 0.15) is 12.0 Å².